The maximum Gasteiger partial charge on any atom is 0.0608 e. The van der Waals surface area contributed by atoms with Crippen LogP contribution in [0.15, 0.2) is 85.5 Å². The van der Waals surface area contributed by atoms with E-state index in [4.69, 9.17) is 5.26 Å². The van der Waals surface area contributed by atoms with Gasteiger partial charge in [0.25, 0.3) is 0 Å². The molecular weight excluding hydrogens is 582 g/mol. The molecule has 0 fully saturated rings. The quantitative estimate of drug-likeness (QED) is 0.196. The van der Waals surface area contributed by atoms with Crippen LogP contribution >= 0.6 is 0 Å². The Bertz CT molecular complexity index is 1550. The van der Waals surface area contributed by atoms with E-state index >= 15 is 0 Å². The zero-order chi connectivity index (χ0) is 21.2. The number of hydrogen-bond acceptors (Lipinski definition) is 3. The molecule has 157 valence electrons. The van der Waals surface area contributed by atoms with Crippen LogP contribution in [0.5, 0.6) is 0 Å². The van der Waals surface area contributed by atoms with Crippen LogP contribution in [0.1, 0.15) is 5.56 Å². The van der Waals surface area contributed by atoms with Crippen LogP contribution in [-0.4, -0.2) is 19.2 Å². The molecule has 1 radical (unpaired) electrons. The summed E-state index contributed by atoms with van der Waals surface area (Å²) in [5.74, 6) is -0.274. The van der Waals surface area contributed by atoms with Crippen LogP contribution in [0.2, 0.25) is 0 Å². The topological polar surface area (TPSA) is 58.9 Å². The molecular formula is C25H14FIrN5-2. The molecule has 3 heterocycles. The van der Waals surface area contributed by atoms with Crippen molar-refractivity contribution in [3.05, 3.63) is 109 Å². The molecule has 3 aromatic carbocycles. The molecule has 0 amide bonds. The van der Waals surface area contributed by atoms with Crippen molar-refractivity contribution >= 4 is 27.3 Å². The SMILES string of the molecule is Fc1c[c-]c2c(c1)c1ccccc1n1ccnc21.N#Cc1c[c-]c(-n2cccn2)cc1.[Ir]. The normalized spacial score (nSPS) is 10.4. The molecule has 0 saturated heterocycles. The van der Waals surface area contributed by atoms with E-state index in [1.807, 2.05) is 59.3 Å². The number of benzene rings is 3. The molecule has 5 nitrogen and oxygen atoms in total. The van der Waals surface area contributed by atoms with E-state index in [9.17, 15) is 4.39 Å². The van der Waals surface area contributed by atoms with Crippen LogP contribution in [-0.2, 0) is 20.1 Å². The first-order valence-electron chi connectivity index (χ1n) is 9.51. The third-order valence-corrected chi connectivity index (χ3v) is 4.90. The van der Waals surface area contributed by atoms with Crippen molar-refractivity contribution in [3.8, 4) is 11.8 Å². The van der Waals surface area contributed by atoms with Crippen LogP contribution in [0.3, 0.4) is 0 Å². The zero-order valence-corrected chi connectivity index (χ0v) is 18.9. The molecule has 32 heavy (non-hydrogen) atoms. The summed E-state index contributed by atoms with van der Waals surface area (Å²) >= 11 is 0. The van der Waals surface area contributed by atoms with Crippen molar-refractivity contribution in [2.24, 2.45) is 0 Å². The number of nitriles is 1. The van der Waals surface area contributed by atoms with Crippen LogP contribution in [0, 0.1) is 29.3 Å². The summed E-state index contributed by atoms with van der Waals surface area (Å²) in [7, 11) is 0. The molecule has 0 atom stereocenters. The van der Waals surface area contributed by atoms with E-state index in [0.29, 0.717) is 5.56 Å². The molecule has 6 aromatic rings. The van der Waals surface area contributed by atoms with Crippen molar-refractivity contribution in [1.29, 1.82) is 5.26 Å². The van der Waals surface area contributed by atoms with Gasteiger partial charge in [-0.25, -0.2) is 5.26 Å². The van der Waals surface area contributed by atoms with Gasteiger partial charge in [-0.15, -0.1) is 24.3 Å². The largest absolute Gasteiger partial charge is 0.340 e. The van der Waals surface area contributed by atoms with Crippen LogP contribution in [0.4, 0.5) is 4.39 Å². The molecule has 0 aliphatic heterocycles. The van der Waals surface area contributed by atoms with E-state index in [1.165, 1.54) is 6.07 Å². The van der Waals surface area contributed by atoms with Gasteiger partial charge in [0.05, 0.1) is 5.65 Å². The average molecular weight is 596 g/mol. The average Bonchev–Trinajstić information content (AvgIpc) is 3.52. The molecule has 0 bridgehead atoms. The van der Waals surface area contributed by atoms with E-state index in [2.05, 4.69) is 22.2 Å². The summed E-state index contributed by atoms with van der Waals surface area (Å²) in [6.07, 6.45) is 7.19. The summed E-state index contributed by atoms with van der Waals surface area (Å²) < 4.78 is 17.1. The van der Waals surface area contributed by atoms with Gasteiger partial charge in [0.15, 0.2) is 0 Å². The van der Waals surface area contributed by atoms with Crippen LogP contribution in [0.25, 0.3) is 33.0 Å². The minimum atomic E-state index is -0.274. The Balaban J connectivity index is 0.000000157. The van der Waals surface area contributed by atoms with Crippen molar-refractivity contribution in [2.75, 3.05) is 0 Å². The number of pyridine rings is 1. The molecule has 0 unspecified atom stereocenters. The van der Waals surface area contributed by atoms with Crippen molar-refractivity contribution in [3.63, 3.8) is 0 Å². The fourth-order valence-electron chi connectivity index (χ4n) is 3.50. The van der Waals surface area contributed by atoms with E-state index < -0.39 is 0 Å². The monoisotopic (exact) mass is 596 g/mol. The summed E-state index contributed by atoms with van der Waals surface area (Å²) in [5.41, 5.74) is 3.28. The predicted octanol–water partition coefficient (Wildman–Crippen LogP) is 5.12. The molecule has 0 spiro atoms. The Morgan fingerprint density at radius 3 is 2.56 bits per heavy atom. The predicted molar refractivity (Wildman–Crippen MR) is 116 cm³/mol. The number of aromatic nitrogens is 4. The third-order valence-electron chi connectivity index (χ3n) is 4.90. The standard InChI is InChI=1S/C15H8FN2.C10H6N3.Ir/c16-10-5-6-12-13(9-10)11-3-1-2-4-14(11)18-8-7-17-15(12)18;11-8-9-2-4-10(5-3-9)13-7-1-6-12-13;/h1-5,7-9H;1-4,6-7H;/q2*-1;. The Labute approximate surface area is 196 Å². The van der Waals surface area contributed by atoms with Gasteiger partial charge in [-0.3, -0.25) is 14.1 Å². The van der Waals surface area contributed by atoms with Gasteiger partial charge in [0, 0.05) is 62.3 Å². The van der Waals surface area contributed by atoms with Gasteiger partial charge in [0.1, 0.15) is 0 Å². The Morgan fingerprint density at radius 2 is 1.81 bits per heavy atom. The number of hydrogen-bond donors (Lipinski definition) is 0. The fraction of sp³-hybridized carbons (Fsp3) is 0. The van der Waals surface area contributed by atoms with E-state index in [1.54, 1.807) is 35.3 Å². The Hall–Kier alpha value is -3.85. The maximum absolute atomic E-state index is 13.4. The second-order valence-corrected chi connectivity index (χ2v) is 6.77. The van der Waals surface area contributed by atoms with Gasteiger partial charge < -0.3 is 4.40 Å². The zero-order valence-electron chi connectivity index (χ0n) is 16.5. The molecule has 0 aliphatic rings. The molecule has 6 rings (SSSR count). The van der Waals surface area contributed by atoms with Crippen molar-refractivity contribution in [2.45, 2.75) is 0 Å². The van der Waals surface area contributed by atoms with Gasteiger partial charge in [-0.1, -0.05) is 34.5 Å². The van der Waals surface area contributed by atoms with Gasteiger partial charge in [-0.05, 0) is 23.2 Å². The molecule has 0 aliphatic carbocycles. The fourth-order valence-corrected chi connectivity index (χ4v) is 3.50. The first kappa shape index (κ1) is 21.4. The Kier molecular flexibility index (Phi) is 6.09. The first-order valence-corrected chi connectivity index (χ1v) is 9.51. The smallest absolute Gasteiger partial charge is 0.0608 e. The van der Waals surface area contributed by atoms with E-state index in [0.717, 1.165) is 33.0 Å². The van der Waals surface area contributed by atoms with Crippen molar-refractivity contribution in [1.82, 2.24) is 19.2 Å². The summed E-state index contributed by atoms with van der Waals surface area (Å²) in [6, 6.07) is 25.9. The Morgan fingerprint density at radius 1 is 0.938 bits per heavy atom. The summed E-state index contributed by atoms with van der Waals surface area (Å²) in [6.45, 7) is 0. The molecule has 0 saturated carbocycles. The van der Waals surface area contributed by atoms with Crippen LogP contribution < -0.4 is 0 Å². The number of halogens is 1. The minimum Gasteiger partial charge on any atom is -0.340 e. The van der Waals surface area contributed by atoms with Crippen molar-refractivity contribution < 1.29 is 24.5 Å². The number of imidazole rings is 1. The second kappa shape index (κ2) is 9.11. The maximum atomic E-state index is 13.4. The number of fused-ring (bicyclic) bond motifs is 6. The molecule has 7 heteroatoms. The number of rotatable bonds is 1. The molecule has 0 N–H and O–H groups in total. The number of para-hydroxylation sites is 1. The second-order valence-electron chi connectivity index (χ2n) is 6.77. The van der Waals surface area contributed by atoms with Gasteiger partial charge in [-0.2, -0.15) is 23.3 Å². The van der Waals surface area contributed by atoms with Gasteiger partial charge >= 0.3 is 0 Å². The third kappa shape index (κ3) is 3.90. The summed E-state index contributed by atoms with van der Waals surface area (Å²) in [5, 5.41) is 15.3. The molecule has 3 aromatic heterocycles. The summed E-state index contributed by atoms with van der Waals surface area (Å²) in [4.78, 5) is 4.34. The van der Waals surface area contributed by atoms with Gasteiger partial charge in [0.2, 0.25) is 0 Å². The minimum absolute atomic E-state index is 0. The van der Waals surface area contributed by atoms with E-state index in [-0.39, 0.29) is 25.9 Å². The number of nitrogens with zero attached hydrogens (tertiary/aromatic N) is 5. The first-order chi connectivity index (χ1) is 15.2.